The molecule has 0 radical (unpaired) electrons. The Hall–Kier alpha value is -2.10. The summed E-state index contributed by atoms with van der Waals surface area (Å²) in [4.78, 5) is 2.01. The number of hydrogen-bond donors (Lipinski definition) is 1. The molecule has 0 heterocycles. The van der Waals surface area contributed by atoms with Gasteiger partial charge in [0.15, 0.2) is 0 Å². The topological polar surface area (TPSA) is 15.3 Å². The number of benzene rings is 2. The molecule has 2 aromatic rings. The van der Waals surface area contributed by atoms with Gasteiger partial charge in [0.05, 0.1) is 0 Å². The van der Waals surface area contributed by atoms with Crippen LogP contribution in [0.15, 0.2) is 42.5 Å². The Labute approximate surface area is 118 Å². The van der Waals surface area contributed by atoms with Gasteiger partial charge >= 0.3 is 0 Å². The molecule has 4 heteroatoms. The highest BCUT2D eigenvalue weighted by atomic mass is 19.1. The SMILES string of the molecule is CC(Nc1ccc(N(C)C)cc1)c1cc(F)cc(F)c1. The van der Waals surface area contributed by atoms with Crippen LogP contribution in [0.5, 0.6) is 0 Å². The van der Waals surface area contributed by atoms with Gasteiger partial charge in [-0.1, -0.05) is 0 Å². The molecule has 2 nitrogen and oxygen atoms in total. The molecule has 0 aliphatic rings. The van der Waals surface area contributed by atoms with Crippen LogP contribution in [0.25, 0.3) is 0 Å². The summed E-state index contributed by atoms with van der Waals surface area (Å²) in [5.74, 6) is -1.12. The summed E-state index contributed by atoms with van der Waals surface area (Å²) in [7, 11) is 3.95. The summed E-state index contributed by atoms with van der Waals surface area (Å²) in [6.45, 7) is 1.87. The van der Waals surface area contributed by atoms with Crippen molar-refractivity contribution in [1.82, 2.24) is 0 Å². The van der Waals surface area contributed by atoms with Crippen LogP contribution >= 0.6 is 0 Å². The van der Waals surface area contributed by atoms with Crippen molar-refractivity contribution in [3.63, 3.8) is 0 Å². The molecule has 106 valence electrons. The maximum absolute atomic E-state index is 13.2. The maximum Gasteiger partial charge on any atom is 0.126 e. The second-order valence-electron chi connectivity index (χ2n) is 5.01. The molecular weight excluding hydrogens is 258 g/mol. The number of halogens is 2. The van der Waals surface area contributed by atoms with Crippen LogP contribution in [0.4, 0.5) is 20.2 Å². The highest BCUT2D eigenvalue weighted by Crippen LogP contribution is 2.22. The molecule has 0 saturated heterocycles. The minimum Gasteiger partial charge on any atom is -0.379 e. The number of nitrogens with one attached hydrogen (secondary N) is 1. The zero-order chi connectivity index (χ0) is 14.7. The first-order valence-electron chi connectivity index (χ1n) is 6.45. The van der Waals surface area contributed by atoms with Crippen LogP contribution in [-0.4, -0.2) is 14.1 Å². The minimum absolute atomic E-state index is 0.176. The lowest BCUT2D eigenvalue weighted by Crippen LogP contribution is -2.09. The van der Waals surface area contributed by atoms with E-state index >= 15 is 0 Å². The number of rotatable bonds is 4. The van der Waals surface area contributed by atoms with Crippen molar-refractivity contribution >= 4 is 11.4 Å². The third-order valence-corrected chi connectivity index (χ3v) is 3.15. The largest absolute Gasteiger partial charge is 0.379 e. The lowest BCUT2D eigenvalue weighted by Gasteiger charge is -2.17. The molecule has 0 bridgehead atoms. The van der Waals surface area contributed by atoms with Crippen molar-refractivity contribution in [1.29, 1.82) is 0 Å². The highest BCUT2D eigenvalue weighted by Gasteiger charge is 2.08. The normalized spacial score (nSPS) is 12.1. The molecule has 20 heavy (non-hydrogen) atoms. The summed E-state index contributed by atoms with van der Waals surface area (Å²) < 4.78 is 26.4. The van der Waals surface area contributed by atoms with E-state index in [4.69, 9.17) is 0 Å². The molecule has 1 unspecified atom stereocenters. The van der Waals surface area contributed by atoms with Crippen molar-refractivity contribution in [2.75, 3.05) is 24.3 Å². The fraction of sp³-hybridized carbons (Fsp3) is 0.250. The fourth-order valence-corrected chi connectivity index (χ4v) is 2.01. The molecule has 0 fully saturated rings. The summed E-state index contributed by atoms with van der Waals surface area (Å²) >= 11 is 0. The Kier molecular flexibility index (Phi) is 4.23. The minimum atomic E-state index is -0.559. The van der Waals surface area contributed by atoms with Crippen molar-refractivity contribution in [2.45, 2.75) is 13.0 Å². The molecule has 2 rings (SSSR count). The van der Waals surface area contributed by atoms with Gasteiger partial charge in [0.2, 0.25) is 0 Å². The van der Waals surface area contributed by atoms with Gasteiger partial charge in [-0.15, -0.1) is 0 Å². The lowest BCUT2D eigenvalue weighted by atomic mass is 10.1. The van der Waals surface area contributed by atoms with Gasteiger partial charge < -0.3 is 10.2 Å². The number of anilines is 2. The standard InChI is InChI=1S/C16H18F2N2/c1-11(12-8-13(17)10-14(18)9-12)19-15-4-6-16(7-5-15)20(2)3/h4-11,19H,1-3H3. The molecule has 0 aromatic heterocycles. The second kappa shape index (κ2) is 5.90. The smallest absolute Gasteiger partial charge is 0.126 e. The zero-order valence-electron chi connectivity index (χ0n) is 11.8. The lowest BCUT2D eigenvalue weighted by molar-refractivity contribution is 0.577. The van der Waals surface area contributed by atoms with E-state index in [0.717, 1.165) is 17.4 Å². The molecule has 1 atom stereocenters. The molecule has 0 saturated carbocycles. The van der Waals surface area contributed by atoms with E-state index in [-0.39, 0.29) is 6.04 Å². The van der Waals surface area contributed by atoms with Gasteiger partial charge in [-0.2, -0.15) is 0 Å². The first-order chi connectivity index (χ1) is 9.45. The molecule has 0 aliphatic heterocycles. The van der Waals surface area contributed by atoms with Gasteiger partial charge in [-0.3, -0.25) is 0 Å². The second-order valence-corrected chi connectivity index (χ2v) is 5.01. The molecule has 0 amide bonds. The van der Waals surface area contributed by atoms with E-state index in [0.29, 0.717) is 5.56 Å². The first-order valence-corrected chi connectivity index (χ1v) is 6.45. The molecule has 0 spiro atoms. The predicted molar refractivity (Wildman–Crippen MR) is 79.2 cm³/mol. The molecule has 2 aromatic carbocycles. The van der Waals surface area contributed by atoms with Crippen LogP contribution < -0.4 is 10.2 Å². The monoisotopic (exact) mass is 276 g/mol. The third kappa shape index (κ3) is 3.47. The van der Waals surface area contributed by atoms with E-state index in [1.54, 1.807) is 0 Å². The Morgan fingerprint density at radius 2 is 1.50 bits per heavy atom. The van der Waals surface area contributed by atoms with Crippen LogP contribution in [0, 0.1) is 11.6 Å². The van der Waals surface area contributed by atoms with E-state index in [1.165, 1.54) is 12.1 Å². The van der Waals surface area contributed by atoms with Gasteiger partial charge in [-0.05, 0) is 48.9 Å². The zero-order valence-corrected chi connectivity index (χ0v) is 11.8. The number of hydrogen-bond acceptors (Lipinski definition) is 2. The summed E-state index contributed by atoms with van der Waals surface area (Å²) in [5.41, 5.74) is 2.59. The van der Waals surface area contributed by atoms with Gasteiger partial charge in [0.1, 0.15) is 11.6 Å². The Morgan fingerprint density at radius 3 is 2.00 bits per heavy atom. The van der Waals surface area contributed by atoms with Gasteiger partial charge in [0, 0.05) is 37.6 Å². The van der Waals surface area contributed by atoms with Gasteiger partial charge in [-0.25, -0.2) is 8.78 Å². The van der Waals surface area contributed by atoms with Crippen molar-refractivity contribution in [3.05, 3.63) is 59.7 Å². The molecular formula is C16H18F2N2. The quantitative estimate of drug-likeness (QED) is 0.900. The Morgan fingerprint density at radius 1 is 0.950 bits per heavy atom. The van der Waals surface area contributed by atoms with Crippen LogP contribution in [-0.2, 0) is 0 Å². The highest BCUT2D eigenvalue weighted by molar-refractivity contribution is 5.55. The number of nitrogens with zero attached hydrogens (tertiary/aromatic N) is 1. The average Bonchev–Trinajstić information content (AvgIpc) is 2.38. The van der Waals surface area contributed by atoms with E-state index < -0.39 is 11.6 Å². The van der Waals surface area contributed by atoms with Gasteiger partial charge in [0.25, 0.3) is 0 Å². The van der Waals surface area contributed by atoms with Crippen molar-refractivity contribution in [3.8, 4) is 0 Å². The van der Waals surface area contributed by atoms with Crippen molar-refractivity contribution in [2.24, 2.45) is 0 Å². The summed E-state index contributed by atoms with van der Waals surface area (Å²) in [6, 6.07) is 11.3. The van der Waals surface area contributed by atoms with E-state index in [2.05, 4.69) is 5.32 Å². The summed E-state index contributed by atoms with van der Waals surface area (Å²) in [6.07, 6.45) is 0. The molecule has 0 aliphatic carbocycles. The van der Waals surface area contributed by atoms with Crippen molar-refractivity contribution < 1.29 is 8.78 Å². The predicted octanol–water partition coefficient (Wildman–Crippen LogP) is 4.20. The fourth-order valence-electron chi connectivity index (χ4n) is 2.01. The average molecular weight is 276 g/mol. The summed E-state index contributed by atoms with van der Waals surface area (Å²) in [5, 5.41) is 3.23. The van der Waals surface area contributed by atoms with Crippen LogP contribution in [0.3, 0.4) is 0 Å². The third-order valence-electron chi connectivity index (χ3n) is 3.15. The maximum atomic E-state index is 13.2. The van der Waals surface area contributed by atoms with E-state index in [9.17, 15) is 8.78 Å². The first kappa shape index (κ1) is 14.3. The van der Waals surface area contributed by atoms with E-state index in [1.807, 2.05) is 50.2 Å². The Balaban J connectivity index is 2.12. The van der Waals surface area contributed by atoms with Crippen LogP contribution in [0.1, 0.15) is 18.5 Å². The molecule has 1 N–H and O–H groups in total. The Bertz CT molecular complexity index is 559. The van der Waals surface area contributed by atoms with Crippen LogP contribution in [0.2, 0.25) is 0 Å².